The van der Waals surface area contributed by atoms with Gasteiger partial charge in [-0.05, 0) is 123 Å². The van der Waals surface area contributed by atoms with E-state index in [0.717, 1.165) is 189 Å². The first-order chi connectivity index (χ1) is 55.5. The second-order valence-corrected chi connectivity index (χ2v) is 30.5. The number of methoxy groups -OCH3 is 4. The maximum Gasteiger partial charge on any atom is 0.212 e. The van der Waals surface area contributed by atoms with Crippen LogP contribution in [0.2, 0.25) is 0 Å². The van der Waals surface area contributed by atoms with Gasteiger partial charge in [-0.15, -0.1) is 15.3 Å². The van der Waals surface area contributed by atoms with Gasteiger partial charge in [-0.3, -0.25) is 30.0 Å². The van der Waals surface area contributed by atoms with Crippen LogP contribution in [-0.2, 0) is 19.6 Å². The van der Waals surface area contributed by atoms with Gasteiger partial charge in [-0.1, -0.05) is 18.2 Å². The molecule has 15 aromatic heterocycles. The minimum atomic E-state index is 0.531. The SMILES string of the molecule is CCOc1cc(-c2ccc(N3CC4CC(C3)N4Cc3ccc(OC)nc3)nc2)c2c3c(C)n[nH]c3nn2c1.COc1cc(-c2ccc(N3CC4CC(C3)N4Cc3ccc(OC)nc3)nc2)c2c3cn[nH]c3nn2c1.COc1ccc(CN2C3CC2CN(c2ccc(-c4cc(OCC5CC5)cn5nc6[nH]ncc6c45)cn2)C3)cn1. The molecule has 574 valence electrons. The molecule has 30 heteroatoms. The summed E-state index contributed by atoms with van der Waals surface area (Å²) in [5.74, 6) is 8.05. The highest BCUT2D eigenvalue weighted by atomic mass is 16.5. The van der Waals surface area contributed by atoms with Crippen LogP contribution in [0.3, 0.4) is 0 Å². The predicted molar refractivity (Wildman–Crippen MR) is 427 cm³/mol. The molecule has 0 radical (unpaired) electrons. The predicted octanol–water partition coefficient (Wildman–Crippen LogP) is 10.9. The Morgan fingerprint density at radius 1 is 0.407 bits per heavy atom. The number of fused-ring (bicyclic) bond motifs is 15. The molecular formula is C83H86N24O6. The fourth-order valence-corrected chi connectivity index (χ4v) is 17.5. The molecule has 6 bridgehead atoms. The van der Waals surface area contributed by atoms with Gasteiger partial charge in [0, 0.05) is 184 Å². The van der Waals surface area contributed by atoms with Crippen LogP contribution in [-0.4, -0.2) is 221 Å². The zero-order valence-electron chi connectivity index (χ0n) is 63.7. The van der Waals surface area contributed by atoms with Crippen molar-refractivity contribution >= 4 is 67.1 Å². The first kappa shape index (κ1) is 69.6. The summed E-state index contributed by atoms with van der Waals surface area (Å²) in [6, 6.07) is 34.4. The summed E-state index contributed by atoms with van der Waals surface area (Å²) in [5.41, 5.74) is 16.0. The number of nitrogens with one attached hydrogen (secondary N) is 3. The molecule has 6 unspecified atom stereocenters. The van der Waals surface area contributed by atoms with Crippen LogP contribution in [0.5, 0.6) is 34.9 Å². The highest BCUT2D eigenvalue weighted by molar-refractivity contribution is 6.04. The van der Waals surface area contributed by atoms with Crippen LogP contribution in [0.4, 0.5) is 17.5 Å². The lowest BCUT2D eigenvalue weighted by molar-refractivity contribution is -0.00879. The number of rotatable bonds is 21. The molecule has 25 rings (SSSR count). The van der Waals surface area contributed by atoms with E-state index in [-0.39, 0.29) is 0 Å². The average molecular weight is 1520 g/mol. The quantitative estimate of drug-likeness (QED) is 0.0602. The fraction of sp³-hybridized carbons (Fsp3) is 0.349. The van der Waals surface area contributed by atoms with Crippen molar-refractivity contribution in [3.8, 4) is 68.3 Å². The summed E-state index contributed by atoms with van der Waals surface area (Å²) in [5, 5.41) is 38.6. The summed E-state index contributed by atoms with van der Waals surface area (Å²) in [4.78, 5) is 42.8. The van der Waals surface area contributed by atoms with E-state index in [0.29, 0.717) is 66.4 Å². The molecule has 15 aromatic rings. The molecule has 10 fully saturated rings. The van der Waals surface area contributed by atoms with Crippen LogP contribution in [0, 0.1) is 12.8 Å². The molecule has 9 saturated heterocycles. The lowest BCUT2D eigenvalue weighted by atomic mass is 9.87. The van der Waals surface area contributed by atoms with E-state index in [2.05, 4.69) is 152 Å². The number of ether oxygens (including phenoxy) is 6. The number of nitrogens with zero attached hydrogens (tertiary/aromatic N) is 21. The second kappa shape index (κ2) is 29.0. The van der Waals surface area contributed by atoms with E-state index < -0.39 is 0 Å². The van der Waals surface area contributed by atoms with Crippen molar-refractivity contribution in [3.05, 3.63) is 182 Å². The van der Waals surface area contributed by atoms with Crippen molar-refractivity contribution in [1.29, 1.82) is 0 Å². The highest BCUT2D eigenvalue weighted by Gasteiger charge is 2.47. The van der Waals surface area contributed by atoms with E-state index in [1.165, 1.54) is 48.8 Å². The first-order valence-corrected chi connectivity index (χ1v) is 38.8. The number of H-pyrrole nitrogens is 3. The van der Waals surface area contributed by atoms with Gasteiger partial charge >= 0.3 is 0 Å². The Morgan fingerprint density at radius 2 is 0.805 bits per heavy atom. The molecule has 9 aliphatic heterocycles. The molecule has 113 heavy (non-hydrogen) atoms. The van der Waals surface area contributed by atoms with Crippen molar-refractivity contribution in [2.45, 2.75) is 102 Å². The topological polar surface area (TPSA) is 290 Å². The third-order valence-electron chi connectivity index (χ3n) is 23.6. The summed E-state index contributed by atoms with van der Waals surface area (Å²) in [6.07, 6.45) is 27.3. The van der Waals surface area contributed by atoms with E-state index >= 15 is 0 Å². The maximum absolute atomic E-state index is 6.14. The molecule has 24 heterocycles. The van der Waals surface area contributed by atoms with Crippen LogP contribution in [0.1, 0.15) is 61.4 Å². The summed E-state index contributed by atoms with van der Waals surface area (Å²) in [7, 11) is 6.60. The molecule has 1 aliphatic carbocycles. The number of pyridine rings is 9. The zero-order valence-corrected chi connectivity index (χ0v) is 63.7. The number of hydrogen-bond acceptors (Lipinski definition) is 24. The second-order valence-electron chi connectivity index (χ2n) is 30.5. The minimum Gasteiger partial charge on any atom is -0.495 e. The van der Waals surface area contributed by atoms with Crippen molar-refractivity contribution in [3.63, 3.8) is 0 Å². The summed E-state index contributed by atoms with van der Waals surface area (Å²) >= 11 is 0. The van der Waals surface area contributed by atoms with Gasteiger partial charge in [-0.2, -0.15) is 15.3 Å². The number of aryl methyl sites for hydroxylation is 1. The number of piperazine rings is 3. The van der Waals surface area contributed by atoms with Gasteiger partial charge in [-0.25, -0.2) is 43.5 Å². The third kappa shape index (κ3) is 13.2. The Bertz CT molecular complexity index is 5910. The van der Waals surface area contributed by atoms with E-state index in [1.54, 1.807) is 28.4 Å². The van der Waals surface area contributed by atoms with Crippen LogP contribution < -0.4 is 43.1 Å². The summed E-state index contributed by atoms with van der Waals surface area (Å²) < 4.78 is 38.7. The first-order valence-electron chi connectivity index (χ1n) is 38.8. The van der Waals surface area contributed by atoms with Crippen LogP contribution >= 0.6 is 0 Å². The van der Waals surface area contributed by atoms with Crippen LogP contribution in [0.15, 0.2) is 159 Å². The fourth-order valence-electron chi connectivity index (χ4n) is 17.5. The Balaban J connectivity index is 0.000000110. The maximum atomic E-state index is 6.14. The van der Waals surface area contributed by atoms with Gasteiger partial charge in [0.15, 0.2) is 16.9 Å². The van der Waals surface area contributed by atoms with Crippen molar-refractivity contribution < 1.29 is 28.4 Å². The van der Waals surface area contributed by atoms with E-state index in [1.807, 2.05) is 120 Å². The molecule has 30 nitrogen and oxygen atoms in total. The molecule has 1 saturated carbocycles. The molecule has 10 aliphatic rings. The van der Waals surface area contributed by atoms with Crippen molar-refractivity contribution in [2.24, 2.45) is 5.92 Å². The van der Waals surface area contributed by atoms with E-state index in [9.17, 15) is 0 Å². The Kier molecular flexibility index (Phi) is 17.8. The summed E-state index contributed by atoms with van der Waals surface area (Å²) in [6.45, 7) is 14.0. The molecule has 0 aromatic carbocycles. The average Bonchev–Trinajstić information content (AvgIpc) is 1.62. The number of aromatic amines is 3. The zero-order chi connectivity index (χ0) is 76.0. The number of piperidine rings is 3. The monoisotopic (exact) mass is 1510 g/mol. The Labute approximate surface area is 649 Å². The molecule has 6 atom stereocenters. The Hall–Kier alpha value is -12.5. The van der Waals surface area contributed by atoms with Crippen LogP contribution in [0.25, 0.3) is 83.0 Å². The lowest BCUT2D eigenvalue weighted by Gasteiger charge is -2.56. The smallest absolute Gasteiger partial charge is 0.212 e. The normalized spacial score (nSPS) is 19.9. The molecule has 0 spiro atoms. The molecule has 3 N–H and O–H groups in total. The largest absolute Gasteiger partial charge is 0.495 e. The van der Waals surface area contributed by atoms with E-state index in [4.69, 9.17) is 48.5 Å². The van der Waals surface area contributed by atoms with Gasteiger partial charge < -0.3 is 43.1 Å². The van der Waals surface area contributed by atoms with Gasteiger partial charge in [0.1, 0.15) is 34.7 Å². The van der Waals surface area contributed by atoms with Crippen molar-refractivity contribution in [1.82, 2.24) is 104 Å². The number of aromatic nitrogens is 18. The van der Waals surface area contributed by atoms with Gasteiger partial charge in [0.05, 0.1) is 111 Å². The molecular weight excluding hydrogens is 1430 g/mol. The Morgan fingerprint density at radius 3 is 1.19 bits per heavy atom. The highest BCUT2D eigenvalue weighted by Crippen LogP contribution is 2.43. The number of anilines is 3. The minimum absolute atomic E-state index is 0.531. The van der Waals surface area contributed by atoms with Crippen molar-refractivity contribution in [2.75, 3.05) is 95.6 Å². The lowest BCUT2D eigenvalue weighted by Crippen LogP contribution is -2.68. The number of hydrogen-bond donors (Lipinski definition) is 3. The molecule has 0 amide bonds. The standard InChI is InChI=1S/C29H30N8O2.C28H30N8O2.C26H26N8O2/c1-38-27-7-4-19(10-31-27)13-36-21-8-22(36)15-35(14-21)26-6-5-20(11-30-26)24-9-23(39-17-18-2-3-18)16-37-28(24)25-12-32-33-29(25)34-37;1-4-38-22-10-23(27-26-17(2)31-32-28(26)33-36(27)16-22)19-6-7-24(29-12-19)34-14-20-9-21(15-34)35(20)13-18-5-8-25(37-3)30-11-18;1-35-20-8-21(25-22-11-29-30-26(22)31-34(25)15-20)17-4-5-23(27-10-17)32-13-18-7-19(14-32)33(18)12-16-3-6-24(36-2)28-9-16/h4-7,9-12,16,18,21-22H,2-3,8,13-15,17H2,1H3,(H,33,34);5-8,10-12,16,20-21H,4,9,13-15H2,1-3H3,(H,32,33);3-6,8-11,15,18-19H,7,12-14H2,1-2H3,(H,30,31). The third-order valence-corrected chi connectivity index (χ3v) is 23.6. The van der Waals surface area contributed by atoms with Gasteiger partial charge in [0.2, 0.25) is 17.6 Å². The van der Waals surface area contributed by atoms with Gasteiger partial charge in [0.25, 0.3) is 0 Å².